The number of nitrogens with zero attached hydrogens (tertiary/aromatic N) is 3. The highest BCUT2D eigenvalue weighted by Crippen LogP contribution is 2.24. The number of aryl methyl sites for hydroxylation is 1. The van der Waals surface area contributed by atoms with E-state index < -0.39 is 10.0 Å². The Morgan fingerprint density at radius 3 is 2.48 bits per heavy atom. The molecule has 0 atom stereocenters. The first kappa shape index (κ1) is 18.9. The van der Waals surface area contributed by atoms with E-state index in [4.69, 9.17) is 11.6 Å². The number of hydrogen-bond acceptors (Lipinski definition) is 5. The lowest BCUT2D eigenvalue weighted by atomic mass is 10.2. The number of benzene rings is 2. The van der Waals surface area contributed by atoms with Crippen molar-refractivity contribution in [3.05, 3.63) is 71.3 Å². The van der Waals surface area contributed by atoms with Gasteiger partial charge in [0.25, 0.3) is 15.9 Å². The highest BCUT2D eigenvalue weighted by atomic mass is 35.5. The lowest BCUT2D eigenvalue weighted by molar-refractivity contribution is 0.0949. The van der Waals surface area contributed by atoms with E-state index >= 15 is 0 Å². The summed E-state index contributed by atoms with van der Waals surface area (Å²) in [5.74, 6) is 0.257. The normalized spacial score (nSPS) is 11.2. The maximum atomic E-state index is 12.5. The molecule has 0 saturated carbocycles. The monoisotopic (exact) mass is 405 g/mol. The van der Waals surface area contributed by atoms with E-state index in [1.54, 1.807) is 36.0 Å². The molecular formula is C17H16ClN5O3S. The van der Waals surface area contributed by atoms with Crippen molar-refractivity contribution in [2.24, 2.45) is 7.05 Å². The zero-order chi connectivity index (χ0) is 19.4. The molecule has 0 fully saturated rings. The number of hydrogen-bond donors (Lipinski definition) is 2. The van der Waals surface area contributed by atoms with Gasteiger partial charge < -0.3 is 5.32 Å². The Morgan fingerprint density at radius 2 is 1.85 bits per heavy atom. The molecule has 2 N–H and O–H groups in total. The van der Waals surface area contributed by atoms with Crippen molar-refractivity contribution in [1.29, 1.82) is 0 Å². The van der Waals surface area contributed by atoms with Gasteiger partial charge in [-0.05, 0) is 36.4 Å². The van der Waals surface area contributed by atoms with Gasteiger partial charge in [0.15, 0.2) is 0 Å². The number of aromatic nitrogens is 3. The SMILES string of the molecule is Cn1ncnc1CNC(=O)c1ccc(S(=O)(=O)Nc2ccccc2Cl)cc1. The summed E-state index contributed by atoms with van der Waals surface area (Å²) in [7, 11) is -2.10. The average Bonchev–Trinajstić information content (AvgIpc) is 3.06. The molecule has 8 nitrogen and oxygen atoms in total. The molecule has 1 aromatic heterocycles. The summed E-state index contributed by atoms with van der Waals surface area (Å²) >= 11 is 5.98. The predicted molar refractivity (Wildman–Crippen MR) is 101 cm³/mol. The lowest BCUT2D eigenvalue weighted by Gasteiger charge is -2.10. The Bertz CT molecular complexity index is 1060. The summed E-state index contributed by atoms with van der Waals surface area (Å²) in [6.45, 7) is 0.212. The van der Waals surface area contributed by atoms with Crippen LogP contribution in [0.5, 0.6) is 0 Å². The first-order chi connectivity index (χ1) is 12.9. The first-order valence-corrected chi connectivity index (χ1v) is 9.71. The Kier molecular flexibility index (Phi) is 5.43. The Morgan fingerprint density at radius 1 is 1.15 bits per heavy atom. The topological polar surface area (TPSA) is 106 Å². The van der Waals surface area contributed by atoms with Crippen molar-refractivity contribution in [3.63, 3.8) is 0 Å². The van der Waals surface area contributed by atoms with Crippen LogP contribution in [-0.2, 0) is 23.6 Å². The van der Waals surface area contributed by atoms with Crippen LogP contribution in [0.3, 0.4) is 0 Å². The number of nitrogens with one attached hydrogen (secondary N) is 2. The zero-order valence-corrected chi connectivity index (χ0v) is 15.8. The van der Waals surface area contributed by atoms with Crippen molar-refractivity contribution in [3.8, 4) is 0 Å². The molecule has 0 aliphatic carbocycles. The van der Waals surface area contributed by atoms with E-state index in [9.17, 15) is 13.2 Å². The largest absolute Gasteiger partial charge is 0.345 e. The van der Waals surface area contributed by atoms with Gasteiger partial charge in [-0.25, -0.2) is 13.4 Å². The molecule has 3 rings (SSSR count). The van der Waals surface area contributed by atoms with Gasteiger partial charge in [0.1, 0.15) is 12.2 Å². The summed E-state index contributed by atoms with van der Waals surface area (Å²) in [4.78, 5) is 16.2. The molecule has 1 heterocycles. The highest BCUT2D eigenvalue weighted by molar-refractivity contribution is 7.92. The van der Waals surface area contributed by atoms with Crippen LogP contribution in [0.25, 0.3) is 0 Å². The van der Waals surface area contributed by atoms with Crippen molar-refractivity contribution in [2.75, 3.05) is 4.72 Å². The molecule has 0 aliphatic rings. The van der Waals surface area contributed by atoms with Crippen molar-refractivity contribution in [1.82, 2.24) is 20.1 Å². The average molecular weight is 406 g/mol. The van der Waals surface area contributed by atoms with Gasteiger partial charge in [0, 0.05) is 12.6 Å². The van der Waals surface area contributed by atoms with Gasteiger partial charge in [-0.3, -0.25) is 14.2 Å². The number of para-hydroxylation sites is 1. The van der Waals surface area contributed by atoms with E-state index in [2.05, 4.69) is 20.1 Å². The molecule has 0 spiro atoms. The molecular weight excluding hydrogens is 390 g/mol. The Hall–Kier alpha value is -2.91. The van der Waals surface area contributed by atoms with E-state index in [0.29, 0.717) is 16.4 Å². The minimum Gasteiger partial charge on any atom is -0.345 e. The molecule has 2 aromatic carbocycles. The summed E-state index contributed by atoms with van der Waals surface area (Å²) < 4.78 is 28.9. The second-order valence-electron chi connectivity index (χ2n) is 5.59. The fourth-order valence-electron chi connectivity index (χ4n) is 2.27. The van der Waals surface area contributed by atoms with E-state index in [0.717, 1.165) is 0 Å². The number of sulfonamides is 1. The maximum absolute atomic E-state index is 12.5. The second-order valence-corrected chi connectivity index (χ2v) is 7.68. The number of rotatable bonds is 6. The first-order valence-electron chi connectivity index (χ1n) is 7.85. The van der Waals surface area contributed by atoms with Crippen LogP contribution in [0, 0.1) is 0 Å². The molecule has 1 amide bonds. The minimum atomic E-state index is -3.82. The molecule has 0 saturated heterocycles. The third-order valence-corrected chi connectivity index (χ3v) is 5.47. The van der Waals surface area contributed by atoms with E-state index in [-0.39, 0.29) is 23.0 Å². The van der Waals surface area contributed by atoms with Crippen LogP contribution in [0.2, 0.25) is 5.02 Å². The predicted octanol–water partition coefficient (Wildman–Crippen LogP) is 2.20. The van der Waals surface area contributed by atoms with Gasteiger partial charge in [-0.2, -0.15) is 5.10 Å². The molecule has 27 heavy (non-hydrogen) atoms. The zero-order valence-electron chi connectivity index (χ0n) is 14.3. The maximum Gasteiger partial charge on any atom is 0.261 e. The van der Waals surface area contributed by atoms with Crippen molar-refractivity contribution >= 4 is 33.2 Å². The number of carbonyl (C=O) groups excluding carboxylic acids is 1. The van der Waals surface area contributed by atoms with Gasteiger partial charge in [-0.15, -0.1) is 0 Å². The molecule has 0 radical (unpaired) electrons. The van der Waals surface area contributed by atoms with Gasteiger partial charge in [-0.1, -0.05) is 23.7 Å². The fraction of sp³-hybridized carbons (Fsp3) is 0.118. The van der Waals surface area contributed by atoms with Gasteiger partial charge in [0.05, 0.1) is 22.2 Å². The summed E-state index contributed by atoms with van der Waals surface area (Å²) in [6, 6.07) is 12.1. The molecule has 10 heteroatoms. The number of anilines is 1. The fourth-order valence-corrected chi connectivity index (χ4v) is 3.59. The minimum absolute atomic E-state index is 0.0206. The molecule has 140 valence electrons. The van der Waals surface area contributed by atoms with Crippen LogP contribution < -0.4 is 10.0 Å². The molecule has 0 bridgehead atoms. The summed E-state index contributed by atoms with van der Waals surface area (Å²) in [5.41, 5.74) is 0.610. The van der Waals surface area contributed by atoms with Crippen LogP contribution in [-0.4, -0.2) is 29.1 Å². The van der Waals surface area contributed by atoms with Crippen LogP contribution in [0.4, 0.5) is 5.69 Å². The summed E-state index contributed by atoms with van der Waals surface area (Å²) in [6.07, 6.45) is 1.40. The smallest absolute Gasteiger partial charge is 0.261 e. The Balaban J connectivity index is 1.69. The number of amides is 1. The third kappa shape index (κ3) is 4.44. The highest BCUT2D eigenvalue weighted by Gasteiger charge is 2.16. The standard InChI is InChI=1S/C17H16ClN5O3S/c1-23-16(20-11-21-23)10-19-17(24)12-6-8-13(9-7-12)27(25,26)22-15-5-3-2-4-14(15)18/h2-9,11,22H,10H2,1H3,(H,19,24). The quantitative estimate of drug-likeness (QED) is 0.653. The van der Waals surface area contributed by atoms with Gasteiger partial charge >= 0.3 is 0 Å². The summed E-state index contributed by atoms with van der Waals surface area (Å²) in [5, 5.41) is 6.91. The van der Waals surface area contributed by atoms with Gasteiger partial charge in [0.2, 0.25) is 0 Å². The number of halogens is 1. The molecule has 0 unspecified atom stereocenters. The Labute approximate surface area is 161 Å². The second kappa shape index (κ2) is 7.77. The lowest BCUT2D eigenvalue weighted by Crippen LogP contribution is -2.24. The van der Waals surface area contributed by atoms with E-state index in [1.165, 1.54) is 30.6 Å². The van der Waals surface area contributed by atoms with Crippen molar-refractivity contribution < 1.29 is 13.2 Å². The van der Waals surface area contributed by atoms with Crippen molar-refractivity contribution in [2.45, 2.75) is 11.4 Å². The number of carbonyl (C=O) groups is 1. The van der Waals surface area contributed by atoms with Crippen LogP contribution in [0.1, 0.15) is 16.2 Å². The molecule has 0 aliphatic heterocycles. The van der Waals surface area contributed by atoms with Crippen LogP contribution >= 0.6 is 11.6 Å². The van der Waals surface area contributed by atoms with Crippen LogP contribution in [0.15, 0.2) is 59.8 Å². The third-order valence-electron chi connectivity index (χ3n) is 3.76. The van der Waals surface area contributed by atoms with E-state index in [1.807, 2.05) is 0 Å². The molecule has 3 aromatic rings.